The van der Waals surface area contributed by atoms with Crippen LogP contribution in [0.4, 0.5) is 4.39 Å². The van der Waals surface area contributed by atoms with Crippen LogP contribution in [0.3, 0.4) is 0 Å². The third-order valence-corrected chi connectivity index (χ3v) is 1.40. The summed E-state index contributed by atoms with van der Waals surface area (Å²) in [6.07, 6.45) is 1.23. The van der Waals surface area contributed by atoms with Gasteiger partial charge in [-0.3, -0.25) is 0 Å². The number of allylic oxidation sites excluding steroid dienone is 3. The molecule has 0 atom stereocenters. The van der Waals surface area contributed by atoms with Crippen molar-refractivity contribution in [3.05, 3.63) is 22.3 Å². The van der Waals surface area contributed by atoms with Crippen LogP contribution < -0.4 is 5.73 Å². The molecule has 0 saturated heterocycles. The normalized spacial score (nSPS) is 14.6. The predicted molar refractivity (Wildman–Crippen MR) is 42.0 cm³/mol. The molecular formula is C6H9BrFNO. The second kappa shape index (κ2) is 4.33. The van der Waals surface area contributed by atoms with Crippen LogP contribution in [0.2, 0.25) is 0 Å². The van der Waals surface area contributed by atoms with E-state index in [1.807, 2.05) is 0 Å². The third kappa shape index (κ3) is 3.50. The molecule has 4 heteroatoms. The van der Waals surface area contributed by atoms with E-state index >= 15 is 0 Å². The van der Waals surface area contributed by atoms with Gasteiger partial charge < -0.3 is 10.5 Å². The lowest BCUT2D eigenvalue weighted by Crippen LogP contribution is -2.00. The van der Waals surface area contributed by atoms with Crippen molar-refractivity contribution in [3.63, 3.8) is 0 Å². The van der Waals surface area contributed by atoms with Crippen molar-refractivity contribution in [2.24, 2.45) is 5.73 Å². The Morgan fingerprint density at radius 3 is 2.50 bits per heavy atom. The van der Waals surface area contributed by atoms with E-state index in [0.717, 1.165) is 0 Å². The van der Waals surface area contributed by atoms with Crippen molar-refractivity contribution in [1.82, 2.24) is 0 Å². The number of hydrogen-bond donors (Lipinski definition) is 1. The molecule has 0 amide bonds. The minimum absolute atomic E-state index is 0.164. The molecule has 0 aliphatic carbocycles. The topological polar surface area (TPSA) is 35.2 Å². The van der Waals surface area contributed by atoms with Crippen LogP contribution in [0.15, 0.2) is 22.3 Å². The molecular weight excluding hydrogens is 201 g/mol. The highest BCUT2D eigenvalue weighted by Crippen LogP contribution is 2.13. The van der Waals surface area contributed by atoms with Gasteiger partial charge >= 0.3 is 0 Å². The van der Waals surface area contributed by atoms with Gasteiger partial charge in [0.2, 0.25) is 0 Å². The average Bonchev–Trinajstić information content (AvgIpc) is 1.85. The van der Waals surface area contributed by atoms with Gasteiger partial charge in [0, 0.05) is 0 Å². The number of nitrogens with two attached hydrogens (primary N) is 1. The van der Waals surface area contributed by atoms with Gasteiger partial charge in [0.25, 0.3) is 0 Å². The summed E-state index contributed by atoms with van der Waals surface area (Å²) >= 11 is 3.02. The van der Waals surface area contributed by atoms with Crippen molar-refractivity contribution in [3.8, 4) is 0 Å². The van der Waals surface area contributed by atoms with E-state index in [0.29, 0.717) is 4.48 Å². The lowest BCUT2D eigenvalue weighted by atomic mass is 10.5. The first kappa shape index (κ1) is 9.49. The van der Waals surface area contributed by atoms with E-state index in [9.17, 15) is 4.39 Å². The Balaban J connectivity index is 4.33. The SMILES string of the molecule is CO/C(N)=C(Br)/C=C(\C)F. The molecule has 58 valence electrons. The molecule has 0 heterocycles. The van der Waals surface area contributed by atoms with Gasteiger partial charge in [-0.25, -0.2) is 4.39 Å². The molecule has 0 aromatic heterocycles. The first-order valence-electron chi connectivity index (χ1n) is 2.61. The summed E-state index contributed by atoms with van der Waals surface area (Å²) in [5.74, 6) is -0.163. The highest BCUT2D eigenvalue weighted by atomic mass is 79.9. The minimum Gasteiger partial charge on any atom is -0.482 e. The second-order valence-electron chi connectivity index (χ2n) is 1.65. The maximum atomic E-state index is 12.1. The van der Waals surface area contributed by atoms with Crippen LogP contribution in [-0.2, 0) is 4.74 Å². The smallest absolute Gasteiger partial charge is 0.198 e. The summed E-state index contributed by atoms with van der Waals surface area (Å²) in [6.45, 7) is 1.32. The van der Waals surface area contributed by atoms with Gasteiger partial charge in [0.1, 0.15) is 0 Å². The summed E-state index contributed by atoms with van der Waals surface area (Å²) in [4.78, 5) is 0. The molecule has 0 aromatic carbocycles. The minimum atomic E-state index is -0.327. The number of ether oxygens (including phenoxy) is 1. The van der Waals surface area contributed by atoms with Crippen LogP contribution in [0.25, 0.3) is 0 Å². The molecule has 0 bridgehead atoms. The number of halogens is 2. The molecule has 0 saturated carbocycles. The van der Waals surface area contributed by atoms with Crippen LogP contribution in [-0.4, -0.2) is 7.11 Å². The van der Waals surface area contributed by atoms with Gasteiger partial charge in [-0.05, 0) is 28.9 Å². The fourth-order valence-electron chi connectivity index (χ4n) is 0.343. The zero-order valence-electron chi connectivity index (χ0n) is 5.82. The monoisotopic (exact) mass is 209 g/mol. The highest BCUT2D eigenvalue weighted by molar-refractivity contribution is 9.11. The predicted octanol–water partition coefficient (Wildman–Crippen LogP) is 2.03. The lowest BCUT2D eigenvalue weighted by Gasteiger charge is -1.98. The van der Waals surface area contributed by atoms with Crippen LogP contribution in [0, 0.1) is 0 Å². The van der Waals surface area contributed by atoms with Gasteiger partial charge in [0.15, 0.2) is 5.88 Å². The third-order valence-electron chi connectivity index (χ3n) is 0.781. The number of methoxy groups -OCH3 is 1. The van der Waals surface area contributed by atoms with Crippen molar-refractivity contribution in [2.75, 3.05) is 7.11 Å². The maximum Gasteiger partial charge on any atom is 0.198 e. The average molecular weight is 210 g/mol. The fraction of sp³-hybridized carbons (Fsp3) is 0.333. The Morgan fingerprint density at radius 1 is 1.70 bits per heavy atom. The molecule has 0 radical (unpaired) electrons. The standard InChI is InChI=1S/C6H9BrFNO/c1-4(8)3-5(7)6(9)10-2/h3H,9H2,1-2H3/b4-3+,6-5-. The second-order valence-corrected chi connectivity index (χ2v) is 2.50. The molecule has 0 fully saturated rings. The molecule has 0 aliphatic rings. The summed E-state index contributed by atoms with van der Waals surface area (Å²) in [5, 5.41) is 0. The lowest BCUT2D eigenvalue weighted by molar-refractivity contribution is 0.286. The zero-order chi connectivity index (χ0) is 8.15. The Kier molecular flexibility index (Phi) is 4.11. The highest BCUT2D eigenvalue weighted by Gasteiger charge is 1.95. The summed E-state index contributed by atoms with van der Waals surface area (Å²) in [5.41, 5.74) is 5.26. The van der Waals surface area contributed by atoms with Crippen LogP contribution in [0.5, 0.6) is 0 Å². The Labute approximate surface area is 67.7 Å². The first-order valence-corrected chi connectivity index (χ1v) is 3.40. The van der Waals surface area contributed by atoms with Gasteiger partial charge in [-0.15, -0.1) is 0 Å². The van der Waals surface area contributed by atoms with Crippen molar-refractivity contribution < 1.29 is 9.13 Å². The number of rotatable bonds is 2. The summed E-state index contributed by atoms with van der Waals surface area (Å²) in [7, 11) is 1.41. The van der Waals surface area contributed by atoms with Gasteiger partial charge in [-0.1, -0.05) is 0 Å². The van der Waals surface area contributed by atoms with E-state index in [1.54, 1.807) is 0 Å². The van der Waals surface area contributed by atoms with E-state index in [1.165, 1.54) is 20.1 Å². The Hall–Kier alpha value is -0.510. The largest absolute Gasteiger partial charge is 0.482 e. The Morgan fingerprint density at radius 2 is 2.20 bits per heavy atom. The van der Waals surface area contributed by atoms with Crippen LogP contribution in [0.1, 0.15) is 6.92 Å². The zero-order valence-corrected chi connectivity index (χ0v) is 7.40. The van der Waals surface area contributed by atoms with Crippen molar-refractivity contribution in [1.29, 1.82) is 0 Å². The quantitative estimate of drug-likeness (QED) is 0.559. The summed E-state index contributed by atoms with van der Waals surface area (Å²) in [6, 6.07) is 0. The first-order chi connectivity index (χ1) is 4.57. The molecule has 0 spiro atoms. The molecule has 10 heavy (non-hydrogen) atoms. The van der Waals surface area contributed by atoms with Crippen molar-refractivity contribution >= 4 is 15.9 Å². The van der Waals surface area contributed by atoms with E-state index in [4.69, 9.17) is 5.73 Å². The molecule has 2 nitrogen and oxygen atoms in total. The van der Waals surface area contributed by atoms with Gasteiger partial charge in [0.05, 0.1) is 17.4 Å². The number of hydrogen-bond acceptors (Lipinski definition) is 2. The van der Waals surface area contributed by atoms with Gasteiger partial charge in [-0.2, -0.15) is 0 Å². The van der Waals surface area contributed by atoms with E-state index < -0.39 is 0 Å². The molecule has 0 aromatic rings. The molecule has 0 aliphatic heterocycles. The molecule has 0 unspecified atom stereocenters. The molecule has 0 rings (SSSR count). The summed E-state index contributed by atoms with van der Waals surface area (Å²) < 4.78 is 17.2. The molecule has 2 N–H and O–H groups in total. The van der Waals surface area contributed by atoms with E-state index in [2.05, 4.69) is 20.7 Å². The van der Waals surface area contributed by atoms with Crippen molar-refractivity contribution in [2.45, 2.75) is 6.92 Å². The van der Waals surface area contributed by atoms with Crippen LogP contribution >= 0.6 is 15.9 Å². The fourth-order valence-corrected chi connectivity index (χ4v) is 0.821. The maximum absolute atomic E-state index is 12.1. The Bertz CT molecular complexity index is 173. The van der Waals surface area contributed by atoms with E-state index in [-0.39, 0.29) is 11.7 Å².